The molecule has 94 valence electrons. The van der Waals surface area contributed by atoms with E-state index in [1.807, 2.05) is 42.5 Å². The Kier molecular flexibility index (Phi) is 4.72. The first-order valence-electron chi connectivity index (χ1n) is 5.51. The lowest BCUT2D eigenvalue weighted by Gasteiger charge is -2.09. The summed E-state index contributed by atoms with van der Waals surface area (Å²) in [5, 5.41) is 4.07. The van der Waals surface area contributed by atoms with Crippen LogP contribution in [0, 0.1) is 3.57 Å². The third kappa shape index (κ3) is 3.53. The maximum absolute atomic E-state index is 6.12. The van der Waals surface area contributed by atoms with Crippen LogP contribution in [0.5, 0.6) is 5.75 Å². The van der Waals surface area contributed by atoms with E-state index >= 15 is 0 Å². The van der Waals surface area contributed by atoms with Gasteiger partial charge in [0.15, 0.2) is 0 Å². The highest BCUT2D eigenvalue weighted by atomic mass is 127. The molecular formula is C14H13ClINO. The van der Waals surface area contributed by atoms with E-state index in [1.165, 1.54) is 5.56 Å². The molecule has 0 unspecified atom stereocenters. The summed E-state index contributed by atoms with van der Waals surface area (Å²) < 4.78 is 6.29. The predicted molar refractivity (Wildman–Crippen MR) is 84.5 cm³/mol. The first-order valence-corrected chi connectivity index (χ1v) is 6.96. The number of halogens is 2. The van der Waals surface area contributed by atoms with E-state index < -0.39 is 0 Å². The van der Waals surface area contributed by atoms with E-state index in [0.29, 0.717) is 0 Å². The fraction of sp³-hybridized carbons (Fsp3) is 0.143. The van der Waals surface area contributed by atoms with Crippen LogP contribution in [0.4, 0.5) is 5.69 Å². The highest BCUT2D eigenvalue weighted by Crippen LogP contribution is 2.24. The van der Waals surface area contributed by atoms with Crippen LogP contribution in [-0.4, -0.2) is 7.11 Å². The normalized spacial score (nSPS) is 10.2. The number of nitrogens with one attached hydrogen (secondary N) is 1. The second-order valence-corrected chi connectivity index (χ2v) is 5.48. The summed E-state index contributed by atoms with van der Waals surface area (Å²) in [6, 6.07) is 13.9. The molecule has 2 rings (SSSR count). The number of hydrogen-bond donors (Lipinski definition) is 1. The molecule has 0 aliphatic heterocycles. The average molecular weight is 374 g/mol. The van der Waals surface area contributed by atoms with Crippen LogP contribution in [0.15, 0.2) is 42.5 Å². The van der Waals surface area contributed by atoms with Gasteiger partial charge in [-0.05, 0) is 58.5 Å². The molecular weight excluding hydrogens is 361 g/mol. The van der Waals surface area contributed by atoms with E-state index in [4.69, 9.17) is 16.3 Å². The number of hydrogen-bond acceptors (Lipinski definition) is 2. The largest absolute Gasteiger partial charge is 0.497 e. The van der Waals surface area contributed by atoms with Crippen molar-refractivity contribution in [2.45, 2.75) is 6.54 Å². The van der Waals surface area contributed by atoms with Crippen LogP contribution in [0.2, 0.25) is 5.02 Å². The van der Waals surface area contributed by atoms with Crippen LogP contribution < -0.4 is 10.1 Å². The molecule has 18 heavy (non-hydrogen) atoms. The molecule has 0 amide bonds. The molecule has 0 bridgehead atoms. The zero-order chi connectivity index (χ0) is 13.0. The minimum absolute atomic E-state index is 0.740. The van der Waals surface area contributed by atoms with Crippen molar-refractivity contribution in [3.05, 3.63) is 56.6 Å². The monoisotopic (exact) mass is 373 g/mol. The Bertz CT molecular complexity index is 528. The first-order chi connectivity index (χ1) is 8.69. The van der Waals surface area contributed by atoms with E-state index in [1.54, 1.807) is 7.11 Å². The SMILES string of the molecule is COc1ccc(CNc2cc(I)ccc2Cl)cc1. The Hall–Kier alpha value is -0.940. The van der Waals surface area contributed by atoms with Gasteiger partial charge < -0.3 is 10.1 Å². The average Bonchev–Trinajstić information content (AvgIpc) is 2.40. The van der Waals surface area contributed by atoms with E-state index in [2.05, 4.69) is 27.9 Å². The Morgan fingerprint density at radius 3 is 2.56 bits per heavy atom. The highest BCUT2D eigenvalue weighted by Gasteiger charge is 2.01. The lowest BCUT2D eigenvalue weighted by Crippen LogP contribution is -2.00. The molecule has 0 saturated heterocycles. The molecule has 0 saturated carbocycles. The van der Waals surface area contributed by atoms with Crippen molar-refractivity contribution in [1.29, 1.82) is 0 Å². The number of benzene rings is 2. The van der Waals surface area contributed by atoms with Crippen molar-refractivity contribution in [3.8, 4) is 5.75 Å². The second kappa shape index (κ2) is 6.29. The molecule has 0 spiro atoms. The van der Waals surface area contributed by atoms with Crippen molar-refractivity contribution in [2.24, 2.45) is 0 Å². The summed E-state index contributed by atoms with van der Waals surface area (Å²) in [7, 11) is 1.67. The van der Waals surface area contributed by atoms with Gasteiger partial charge in [-0.1, -0.05) is 23.7 Å². The molecule has 0 fully saturated rings. The molecule has 4 heteroatoms. The van der Waals surface area contributed by atoms with Gasteiger partial charge in [0.2, 0.25) is 0 Å². The van der Waals surface area contributed by atoms with Crippen LogP contribution in [0.1, 0.15) is 5.56 Å². The van der Waals surface area contributed by atoms with Crippen LogP contribution in [0.25, 0.3) is 0 Å². The molecule has 0 heterocycles. The number of methoxy groups -OCH3 is 1. The molecule has 0 aliphatic carbocycles. The van der Waals surface area contributed by atoms with Crippen molar-refractivity contribution in [1.82, 2.24) is 0 Å². The second-order valence-electron chi connectivity index (χ2n) is 3.83. The summed E-state index contributed by atoms with van der Waals surface area (Å²) in [5.41, 5.74) is 2.14. The van der Waals surface area contributed by atoms with Crippen molar-refractivity contribution >= 4 is 39.9 Å². The topological polar surface area (TPSA) is 21.3 Å². The number of rotatable bonds is 4. The predicted octanol–water partition coefficient (Wildman–Crippen LogP) is 4.57. The molecule has 0 aromatic heterocycles. The standard InChI is InChI=1S/C14H13ClINO/c1-18-12-5-2-10(3-6-12)9-17-14-8-11(16)4-7-13(14)15/h2-8,17H,9H2,1H3. The van der Waals surface area contributed by atoms with Gasteiger partial charge in [-0.3, -0.25) is 0 Å². The molecule has 1 N–H and O–H groups in total. The minimum Gasteiger partial charge on any atom is -0.497 e. The maximum atomic E-state index is 6.12. The highest BCUT2D eigenvalue weighted by molar-refractivity contribution is 14.1. The van der Waals surface area contributed by atoms with Gasteiger partial charge in [0.25, 0.3) is 0 Å². The summed E-state index contributed by atoms with van der Waals surface area (Å²) in [4.78, 5) is 0. The van der Waals surface area contributed by atoms with Gasteiger partial charge in [-0.25, -0.2) is 0 Å². The van der Waals surface area contributed by atoms with Crippen LogP contribution in [0.3, 0.4) is 0 Å². The van der Waals surface area contributed by atoms with Crippen LogP contribution >= 0.6 is 34.2 Å². The fourth-order valence-electron chi connectivity index (χ4n) is 1.57. The molecule has 2 nitrogen and oxygen atoms in total. The smallest absolute Gasteiger partial charge is 0.118 e. The van der Waals surface area contributed by atoms with Gasteiger partial charge >= 0.3 is 0 Å². The summed E-state index contributed by atoms with van der Waals surface area (Å²) in [6.45, 7) is 0.740. The summed E-state index contributed by atoms with van der Waals surface area (Å²) in [5.74, 6) is 0.867. The zero-order valence-corrected chi connectivity index (χ0v) is 12.8. The van der Waals surface area contributed by atoms with Crippen molar-refractivity contribution in [2.75, 3.05) is 12.4 Å². The Morgan fingerprint density at radius 2 is 1.89 bits per heavy atom. The number of anilines is 1. The Labute approximate surface area is 125 Å². The Balaban J connectivity index is 2.04. The van der Waals surface area contributed by atoms with Gasteiger partial charge in [0, 0.05) is 10.1 Å². The van der Waals surface area contributed by atoms with Crippen LogP contribution in [-0.2, 0) is 6.54 Å². The third-order valence-corrected chi connectivity index (χ3v) is 3.57. The molecule has 2 aromatic rings. The van der Waals surface area contributed by atoms with Gasteiger partial charge in [-0.15, -0.1) is 0 Å². The molecule has 2 aromatic carbocycles. The third-order valence-electron chi connectivity index (χ3n) is 2.57. The number of ether oxygens (including phenoxy) is 1. The minimum atomic E-state index is 0.740. The Morgan fingerprint density at radius 1 is 1.17 bits per heavy atom. The van der Waals surface area contributed by atoms with E-state index in [9.17, 15) is 0 Å². The van der Waals surface area contributed by atoms with Gasteiger partial charge in [0.1, 0.15) is 5.75 Å². The molecule has 0 aliphatic rings. The van der Waals surface area contributed by atoms with E-state index in [-0.39, 0.29) is 0 Å². The zero-order valence-electron chi connectivity index (χ0n) is 9.91. The fourth-order valence-corrected chi connectivity index (χ4v) is 2.25. The first kappa shape index (κ1) is 13.5. The summed E-state index contributed by atoms with van der Waals surface area (Å²) >= 11 is 8.39. The van der Waals surface area contributed by atoms with Crippen molar-refractivity contribution < 1.29 is 4.74 Å². The molecule has 0 atom stereocenters. The maximum Gasteiger partial charge on any atom is 0.118 e. The van der Waals surface area contributed by atoms with Crippen molar-refractivity contribution in [3.63, 3.8) is 0 Å². The van der Waals surface area contributed by atoms with Gasteiger partial charge in [-0.2, -0.15) is 0 Å². The lowest BCUT2D eigenvalue weighted by molar-refractivity contribution is 0.414. The van der Waals surface area contributed by atoms with E-state index in [0.717, 1.165) is 26.6 Å². The quantitative estimate of drug-likeness (QED) is 0.793. The lowest BCUT2D eigenvalue weighted by atomic mass is 10.2. The molecule has 0 radical (unpaired) electrons. The summed E-state index contributed by atoms with van der Waals surface area (Å²) in [6.07, 6.45) is 0. The van der Waals surface area contributed by atoms with Gasteiger partial charge in [0.05, 0.1) is 17.8 Å².